The minimum Gasteiger partial charge on any atom is -0.497 e. The maximum atomic E-state index is 5.91. The Labute approximate surface area is 136 Å². The Morgan fingerprint density at radius 2 is 2.26 bits per heavy atom. The van der Waals surface area contributed by atoms with Crippen LogP contribution in [-0.4, -0.2) is 42.2 Å². The quantitative estimate of drug-likeness (QED) is 0.840. The number of ether oxygens (including phenoxy) is 3. The van der Waals surface area contributed by atoms with Gasteiger partial charge in [0.05, 0.1) is 38.8 Å². The van der Waals surface area contributed by atoms with Crippen molar-refractivity contribution in [3.8, 4) is 11.5 Å². The van der Waals surface area contributed by atoms with Gasteiger partial charge in [0.1, 0.15) is 11.9 Å². The summed E-state index contributed by atoms with van der Waals surface area (Å²) in [6.45, 7) is 1.94. The Hall–Kier alpha value is -2.05. The van der Waals surface area contributed by atoms with E-state index in [-0.39, 0.29) is 12.1 Å². The Morgan fingerprint density at radius 3 is 3.04 bits per heavy atom. The van der Waals surface area contributed by atoms with Gasteiger partial charge in [0.2, 0.25) is 0 Å². The molecular weight excluding hydrogens is 294 g/mol. The Bertz CT molecular complexity index is 629. The van der Waals surface area contributed by atoms with Crippen LogP contribution < -0.4 is 15.2 Å². The average molecular weight is 317 g/mol. The SMILES string of the molecule is COc1cccc(CCCn2cc(O[C@@H]3COC[C@@H]3N)cn2)c1. The molecule has 1 aliphatic heterocycles. The topological polar surface area (TPSA) is 71.5 Å². The molecule has 6 heteroatoms. The van der Waals surface area contributed by atoms with Gasteiger partial charge in [0.15, 0.2) is 5.75 Å². The average Bonchev–Trinajstić information content (AvgIpc) is 3.18. The summed E-state index contributed by atoms with van der Waals surface area (Å²) in [5.41, 5.74) is 7.18. The molecule has 23 heavy (non-hydrogen) atoms. The largest absolute Gasteiger partial charge is 0.497 e. The van der Waals surface area contributed by atoms with Crippen LogP contribution in [0, 0.1) is 0 Å². The molecule has 3 rings (SSSR count). The highest BCUT2D eigenvalue weighted by atomic mass is 16.5. The van der Waals surface area contributed by atoms with Gasteiger partial charge in [0.25, 0.3) is 0 Å². The first-order valence-electron chi connectivity index (χ1n) is 7.90. The van der Waals surface area contributed by atoms with Crippen molar-refractivity contribution in [1.82, 2.24) is 9.78 Å². The summed E-state index contributed by atoms with van der Waals surface area (Å²) in [5.74, 6) is 1.64. The van der Waals surface area contributed by atoms with Crippen LogP contribution in [0.1, 0.15) is 12.0 Å². The maximum Gasteiger partial charge on any atom is 0.157 e. The fraction of sp³-hybridized carbons (Fsp3) is 0.471. The molecule has 2 atom stereocenters. The van der Waals surface area contributed by atoms with Crippen LogP contribution in [0.15, 0.2) is 36.7 Å². The molecule has 0 amide bonds. The van der Waals surface area contributed by atoms with Crippen molar-refractivity contribution in [1.29, 1.82) is 0 Å². The molecule has 0 unspecified atom stereocenters. The third-order valence-corrected chi connectivity index (χ3v) is 3.95. The first kappa shape index (κ1) is 15.8. The first-order valence-corrected chi connectivity index (χ1v) is 7.90. The second-order valence-electron chi connectivity index (χ2n) is 5.75. The van der Waals surface area contributed by atoms with Crippen molar-refractivity contribution in [2.45, 2.75) is 31.5 Å². The van der Waals surface area contributed by atoms with Gasteiger partial charge in [-0.15, -0.1) is 0 Å². The van der Waals surface area contributed by atoms with Gasteiger partial charge in [0, 0.05) is 6.54 Å². The molecule has 0 aliphatic carbocycles. The zero-order valence-electron chi connectivity index (χ0n) is 13.4. The molecule has 124 valence electrons. The van der Waals surface area contributed by atoms with Crippen LogP contribution in [0.5, 0.6) is 11.5 Å². The second-order valence-corrected chi connectivity index (χ2v) is 5.75. The van der Waals surface area contributed by atoms with Gasteiger partial charge in [-0.2, -0.15) is 5.10 Å². The third-order valence-electron chi connectivity index (χ3n) is 3.95. The number of methoxy groups -OCH3 is 1. The van der Waals surface area contributed by atoms with Gasteiger partial charge in [-0.3, -0.25) is 4.68 Å². The summed E-state index contributed by atoms with van der Waals surface area (Å²) >= 11 is 0. The Balaban J connectivity index is 1.47. The van der Waals surface area contributed by atoms with Gasteiger partial charge < -0.3 is 19.9 Å². The molecule has 1 aliphatic rings. The number of hydrogen-bond acceptors (Lipinski definition) is 5. The smallest absolute Gasteiger partial charge is 0.157 e. The number of aryl methyl sites for hydroxylation is 2. The molecule has 1 aromatic carbocycles. The molecule has 1 fully saturated rings. The third kappa shape index (κ3) is 4.24. The van der Waals surface area contributed by atoms with Gasteiger partial charge >= 0.3 is 0 Å². The molecule has 2 heterocycles. The van der Waals surface area contributed by atoms with E-state index in [9.17, 15) is 0 Å². The maximum absolute atomic E-state index is 5.91. The van der Waals surface area contributed by atoms with E-state index in [4.69, 9.17) is 19.9 Å². The number of rotatable bonds is 7. The van der Waals surface area contributed by atoms with Crippen molar-refractivity contribution in [2.24, 2.45) is 5.73 Å². The summed E-state index contributed by atoms with van der Waals surface area (Å²) in [4.78, 5) is 0. The van der Waals surface area contributed by atoms with Crippen molar-refractivity contribution >= 4 is 0 Å². The Morgan fingerprint density at radius 1 is 1.35 bits per heavy atom. The molecule has 1 saturated heterocycles. The highest BCUT2D eigenvalue weighted by Crippen LogP contribution is 2.17. The summed E-state index contributed by atoms with van der Waals surface area (Å²) in [7, 11) is 1.69. The van der Waals surface area contributed by atoms with E-state index in [1.807, 2.05) is 23.0 Å². The summed E-state index contributed by atoms with van der Waals surface area (Å²) in [6, 6.07) is 8.09. The lowest BCUT2D eigenvalue weighted by Gasteiger charge is -2.13. The fourth-order valence-electron chi connectivity index (χ4n) is 2.65. The molecule has 0 radical (unpaired) electrons. The van der Waals surface area contributed by atoms with Crippen molar-refractivity contribution in [2.75, 3.05) is 20.3 Å². The van der Waals surface area contributed by atoms with Crippen molar-refractivity contribution in [3.63, 3.8) is 0 Å². The highest BCUT2D eigenvalue weighted by molar-refractivity contribution is 5.28. The van der Waals surface area contributed by atoms with Gasteiger partial charge in [-0.05, 0) is 30.5 Å². The molecule has 0 spiro atoms. The van der Waals surface area contributed by atoms with E-state index < -0.39 is 0 Å². The first-order chi connectivity index (χ1) is 11.2. The summed E-state index contributed by atoms with van der Waals surface area (Å²) in [6.07, 6.45) is 5.55. The van der Waals surface area contributed by atoms with Crippen LogP contribution in [-0.2, 0) is 17.7 Å². The Kier molecular flexibility index (Phi) is 5.15. The minimum atomic E-state index is -0.0792. The number of aromatic nitrogens is 2. The molecule has 2 N–H and O–H groups in total. The van der Waals surface area contributed by atoms with Crippen LogP contribution in [0.25, 0.3) is 0 Å². The predicted molar refractivity (Wildman–Crippen MR) is 86.8 cm³/mol. The molecular formula is C17H23N3O3. The normalized spacial score (nSPS) is 20.6. The fourth-order valence-corrected chi connectivity index (χ4v) is 2.65. The van der Waals surface area contributed by atoms with E-state index in [2.05, 4.69) is 17.2 Å². The molecule has 1 aromatic heterocycles. The highest BCUT2D eigenvalue weighted by Gasteiger charge is 2.26. The van der Waals surface area contributed by atoms with Crippen LogP contribution >= 0.6 is 0 Å². The van der Waals surface area contributed by atoms with Gasteiger partial charge in [-0.1, -0.05) is 12.1 Å². The van der Waals surface area contributed by atoms with Crippen LogP contribution in [0.2, 0.25) is 0 Å². The zero-order chi connectivity index (χ0) is 16.1. The van der Waals surface area contributed by atoms with Gasteiger partial charge in [-0.25, -0.2) is 0 Å². The monoisotopic (exact) mass is 317 g/mol. The minimum absolute atomic E-state index is 0.0635. The second kappa shape index (κ2) is 7.48. The van der Waals surface area contributed by atoms with Crippen LogP contribution in [0.4, 0.5) is 0 Å². The van der Waals surface area contributed by atoms with E-state index in [0.29, 0.717) is 13.2 Å². The standard InChI is InChI=1S/C17H23N3O3/c1-21-14-6-2-4-13(8-14)5-3-7-20-10-15(9-19-20)23-17-12-22-11-16(17)18/h2,4,6,8-10,16-17H,3,5,7,11-12,18H2,1H3/t16-,17+/m0/s1. The van der Waals surface area contributed by atoms with Crippen LogP contribution in [0.3, 0.4) is 0 Å². The summed E-state index contributed by atoms with van der Waals surface area (Å²) < 4.78 is 18.2. The molecule has 6 nitrogen and oxygen atoms in total. The summed E-state index contributed by atoms with van der Waals surface area (Å²) in [5, 5.41) is 4.33. The lowest BCUT2D eigenvalue weighted by Crippen LogP contribution is -2.37. The number of nitrogens with zero attached hydrogens (tertiary/aromatic N) is 2. The predicted octanol–water partition coefficient (Wildman–Crippen LogP) is 1.63. The van der Waals surface area contributed by atoms with E-state index in [0.717, 1.165) is 30.9 Å². The van der Waals surface area contributed by atoms with E-state index >= 15 is 0 Å². The van der Waals surface area contributed by atoms with Crippen molar-refractivity contribution in [3.05, 3.63) is 42.2 Å². The number of benzene rings is 1. The molecule has 2 aromatic rings. The zero-order valence-corrected chi connectivity index (χ0v) is 13.4. The lowest BCUT2D eigenvalue weighted by atomic mass is 10.1. The van der Waals surface area contributed by atoms with E-state index in [1.54, 1.807) is 13.3 Å². The number of nitrogens with two attached hydrogens (primary N) is 1. The molecule has 0 saturated carbocycles. The van der Waals surface area contributed by atoms with Crippen molar-refractivity contribution < 1.29 is 14.2 Å². The van der Waals surface area contributed by atoms with E-state index in [1.165, 1.54) is 5.56 Å². The number of hydrogen-bond donors (Lipinski definition) is 1. The lowest BCUT2D eigenvalue weighted by molar-refractivity contribution is 0.140. The molecule has 0 bridgehead atoms.